The quantitative estimate of drug-likeness (QED) is 0.407. The van der Waals surface area contributed by atoms with Gasteiger partial charge in [0.25, 0.3) is 0 Å². The molecule has 17 heavy (non-hydrogen) atoms. The van der Waals surface area contributed by atoms with Crippen LogP contribution in [0, 0.1) is 18.3 Å². The minimum Gasteiger partial charge on any atom is -0.370 e. The van der Waals surface area contributed by atoms with E-state index in [0.29, 0.717) is 18.4 Å². The van der Waals surface area contributed by atoms with Crippen molar-refractivity contribution in [3.05, 3.63) is 24.3 Å². The van der Waals surface area contributed by atoms with Crippen LogP contribution in [0.5, 0.6) is 0 Å². The molecule has 0 aliphatic carbocycles. The molecule has 3 atom stereocenters. The van der Waals surface area contributed by atoms with Crippen molar-refractivity contribution in [1.29, 1.82) is 0 Å². The van der Waals surface area contributed by atoms with Gasteiger partial charge in [-0.15, -0.1) is 12.3 Å². The number of hydrogen-bond donors (Lipinski definition) is 0. The molecule has 0 aromatic rings. The van der Waals surface area contributed by atoms with Crippen LogP contribution in [0.1, 0.15) is 32.6 Å². The lowest BCUT2D eigenvalue weighted by Crippen LogP contribution is -2.25. The summed E-state index contributed by atoms with van der Waals surface area (Å²) in [5.74, 6) is 3.27. The number of terminal acetylenes is 1. The van der Waals surface area contributed by atoms with Crippen molar-refractivity contribution < 1.29 is 4.74 Å². The highest BCUT2D eigenvalue weighted by atomic mass is 79.9. The predicted molar refractivity (Wildman–Crippen MR) is 77.2 cm³/mol. The second kappa shape index (κ2) is 7.74. The van der Waals surface area contributed by atoms with E-state index in [-0.39, 0.29) is 6.10 Å². The summed E-state index contributed by atoms with van der Waals surface area (Å²) >= 11 is 3.43. The number of alkyl halides is 1. The van der Waals surface area contributed by atoms with Gasteiger partial charge in [0.05, 0.1) is 12.2 Å². The molecule has 1 nitrogen and oxygen atoms in total. The molecule has 0 spiro atoms. The summed E-state index contributed by atoms with van der Waals surface area (Å²) in [6.45, 7) is 6.28. The van der Waals surface area contributed by atoms with Gasteiger partial charge in [0.2, 0.25) is 0 Å². The van der Waals surface area contributed by atoms with Gasteiger partial charge in [-0.25, -0.2) is 0 Å². The molecule has 2 heteroatoms. The topological polar surface area (TPSA) is 9.23 Å². The Kier molecular flexibility index (Phi) is 6.62. The van der Waals surface area contributed by atoms with E-state index < -0.39 is 0 Å². The average molecular weight is 297 g/mol. The summed E-state index contributed by atoms with van der Waals surface area (Å²) in [5.41, 5.74) is 1.25. The van der Waals surface area contributed by atoms with Gasteiger partial charge in [0, 0.05) is 11.8 Å². The molecule has 1 heterocycles. The van der Waals surface area contributed by atoms with Crippen LogP contribution >= 0.6 is 15.9 Å². The second-order valence-corrected chi connectivity index (χ2v) is 5.36. The normalized spacial score (nSPS) is 25.2. The fourth-order valence-electron chi connectivity index (χ4n) is 2.19. The van der Waals surface area contributed by atoms with Crippen LogP contribution in [-0.4, -0.2) is 17.5 Å². The molecule has 0 saturated heterocycles. The van der Waals surface area contributed by atoms with Crippen molar-refractivity contribution in [3.8, 4) is 12.3 Å². The standard InChI is InChI=1S/C15H21BrO/c1-4-6-14-7-5-8-15(17-14)10-12(2)9-13(3)11-16/h1,5,7,12,14-15H,3,6,8-11H2,2H3. The van der Waals surface area contributed by atoms with E-state index in [1.165, 1.54) is 5.57 Å². The third-order valence-corrected chi connectivity index (χ3v) is 3.72. The Hall–Kier alpha value is -0.520. The molecule has 0 amide bonds. The summed E-state index contributed by atoms with van der Waals surface area (Å²) in [6.07, 6.45) is 13.8. The van der Waals surface area contributed by atoms with Crippen molar-refractivity contribution in [2.45, 2.75) is 44.8 Å². The van der Waals surface area contributed by atoms with E-state index in [2.05, 4.69) is 47.5 Å². The first-order chi connectivity index (χ1) is 8.15. The first-order valence-electron chi connectivity index (χ1n) is 6.14. The van der Waals surface area contributed by atoms with Crippen molar-refractivity contribution >= 4 is 15.9 Å². The zero-order valence-electron chi connectivity index (χ0n) is 10.5. The summed E-state index contributed by atoms with van der Waals surface area (Å²) in [5, 5.41) is 0.891. The molecule has 0 saturated carbocycles. The van der Waals surface area contributed by atoms with Crippen LogP contribution in [0.4, 0.5) is 0 Å². The summed E-state index contributed by atoms with van der Waals surface area (Å²) in [7, 11) is 0. The molecule has 0 bridgehead atoms. The Bertz CT molecular complexity index is 313. The average Bonchev–Trinajstić information content (AvgIpc) is 2.29. The van der Waals surface area contributed by atoms with Gasteiger partial charge < -0.3 is 4.74 Å². The maximum atomic E-state index is 5.94. The van der Waals surface area contributed by atoms with Crippen LogP contribution in [0.3, 0.4) is 0 Å². The minimum absolute atomic E-state index is 0.116. The molecule has 1 aliphatic heterocycles. The maximum absolute atomic E-state index is 5.94. The fourth-order valence-corrected chi connectivity index (χ4v) is 2.42. The van der Waals surface area contributed by atoms with Gasteiger partial charge >= 0.3 is 0 Å². The fraction of sp³-hybridized carbons (Fsp3) is 0.600. The molecule has 0 radical (unpaired) electrons. The van der Waals surface area contributed by atoms with Crippen molar-refractivity contribution in [2.24, 2.45) is 5.92 Å². The van der Waals surface area contributed by atoms with Gasteiger partial charge in [0.1, 0.15) is 0 Å². The van der Waals surface area contributed by atoms with Gasteiger partial charge in [-0.05, 0) is 25.2 Å². The number of ether oxygens (including phenoxy) is 1. The minimum atomic E-state index is 0.116. The van der Waals surface area contributed by atoms with E-state index in [1.54, 1.807) is 0 Å². The highest BCUT2D eigenvalue weighted by Crippen LogP contribution is 2.24. The van der Waals surface area contributed by atoms with E-state index in [0.717, 1.165) is 24.6 Å². The molecule has 0 aromatic heterocycles. The lowest BCUT2D eigenvalue weighted by atomic mass is 9.94. The monoisotopic (exact) mass is 296 g/mol. The van der Waals surface area contributed by atoms with Gasteiger partial charge in [-0.3, -0.25) is 0 Å². The van der Waals surface area contributed by atoms with Crippen molar-refractivity contribution in [2.75, 3.05) is 5.33 Å². The molecule has 3 unspecified atom stereocenters. The van der Waals surface area contributed by atoms with Crippen LogP contribution < -0.4 is 0 Å². The Morgan fingerprint density at radius 3 is 3.12 bits per heavy atom. The van der Waals surface area contributed by atoms with E-state index in [4.69, 9.17) is 11.2 Å². The molecule has 0 N–H and O–H groups in total. The summed E-state index contributed by atoms with van der Waals surface area (Å²) in [6, 6.07) is 0. The van der Waals surface area contributed by atoms with Crippen LogP contribution in [0.25, 0.3) is 0 Å². The second-order valence-electron chi connectivity index (χ2n) is 4.80. The highest BCUT2D eigenvalue weighted by Gasteiger charge is 2.19. The third-order valence-electron chi connectivity index (χ3n) is 2.93. The summed E-state index contributed by atoms with van der Waals surface area (Å²) in [4.78, 5) is 0. The molecular weight excluding hydrogens is 276 g/mol. The number of allylic oxidation sites excluding steroid dienone is 1. The lowest BCUT2D eigenvalue weighted by Gasteiger charge is -2.27. The van der Waals surface area contributed by atoms with Crippen molar-refractivity contribution in [3.63, 3.8) is 0 Å². The van der Waals surface area contributed by atoms with Gasteiger partial charge in [-0.1, -0.05) is 47.2 Å². The smallest absolute Gasteiger partial charge is 0.0868 e. The van der Waals surface area contributed by atoms with E-state index in [9.17, 15) is 0 Å². The lowest BCUT2D eigenvalue weighted by molar-refractivity contribution is -0.00322. The Labute approximate surface area is 113 Å². The molecule has 0 aromatic carbocycles. The Morgan fingerprint density at radius 1 is 1.71 bits per heavy atom. The van der Waals surface area contributed by atoms with Gasteiger partial charge in [-0.2, -0.15) is 0 Å². The largest absolute Gasteiger partial charge is 0.370 e. The zero-order valence-corrected chi connectivity index (χ0v) is 12.1. The zero-order chi connectivity index (χ0) is 12.7. The number of rotatable bonds is 6. The third kappa shape index (κ3) is 5.57. The van der Waals surface area contributed by atoms with Crippen LogP contribution in [0.2, 0.25) is 0 Å². The number of halogens is 1. The predicted octanol–water partition coefficient (Wildman–Crippen LogP) is 4.09. The summed E-state index contributed by atoms with van der Waals surface area (Å²) < 4.78 is 5.94. The number of hydrogen-bond acceptors (Lipinski definition) is 1. The van der Waals surface area contributed by atoms with Crippen LogP contribution in [-0.2, 0) is 4.74 Å². The first kappa shape index (κ1) is 14.5. The van der Waals surface area contributed by atoms with E-state index in [1.807, 2.05) is 0 Å². The molecule has 94 valence electrons. The van der Waals surface area contributed by atoms with Crippen molar-refractivity contribution in [1.82, 2.24) is 0 Å². The Balaban J connectivity index is 2.35. The molecule has 1 aliphatic rings. The first-order valence-corrected chi connectivity index (χ1v) is 7.26. The van der Waals surface area contributed by atoms with Crippen LogP contribution in [0.15, 0.2) is 24.3 Å². The molecule has 1 rings (SSSR count). The SMILES string of the molecule is C#CCC1C=CCC(CC(C)CC(=C)CBr)O1. The Morgan fingerprint density at radius 2 is 2.47 bits per heavy atom. The molecular formula is C15H21BrO. The van der Waals surface area contributed by atoms with Gasteiger partial charge in [0.15, 0.2) is 0 Å². The molecule has 0 fully saturated rings. The highest BCUT2D eigenvalue weighted by molar-refractivity contribution is 9.09. The maximum Gasteiger partial charge on any atom is 0.0868 e. The van der Waals surface area contributed by atoms with E-state index >= 15 is 0 Å².